The zero-order valence-corrected chi connectivity index (χ0v) is 17.6. The normalized spacial score (nSPS) is 12.0. The van der Waals surface area contributed by atoms with Crippen molar-refractivity contribution in [1.29, 1.82) is 0 Å². The zero-order valence-electron chi connectivity index (χ0n) is 17.6. The second-order valence-corrected chi connectivity index (χ2v) is 7.34. The molecule has 0 unspecified atom stereocenters. The summed E-state index contributed by atoms with van der Waals surface area (Å²) in [6.45, 7) is 4.35. The van der Waals surface area contributed by atoms with Crippen molar-refractivity contribution in [3.63, 3.8) is 0 Å². The van der Waals surface area contributed by atoms with Crippen LogP contribution in [0.15, 0.2) is 90.5 Å². The molecule has 3 nitrogen and oxygen atoms in total. The first kappa shape index (κ1) is 20.4. The van der Waals surface area contributed by atoms with E-state index in [-0.39, 0.29) is 11.3 Å². The van der Waals surface area contributed by atoms with Crippen LogP contribution in [0, 0.1) is 0 Å². The first-order chi connectivity index (χ1) is 15.2. The number of fused-ring (bicyclic) bond motifs is 2. The van der Waals surface area contributed by atoms with Gasteiger partial charge in [-0.2, -0.15) is 0 Å². The van der Waals surface area contributed by atoms with Crippen molar-refractivity contribution < 1.29 is 14.6 Å². The Morgan fingerprint density at radius 2 is 1.58 bits per heavy atom. The molecule has 0 radical (unpaired) electrons. The number of allylic oxidation sites excluding steroid dienone is 2. The quantitative estimate of drug-likeness (QED) is 0.274. The maximum absolute atomic E-state index is 11.7. The van der Waals surface area contributed by atoms with Crippen LogP contribution in [-0.4, -0.2) is 18.0 Å². The second-order valence-electron chi connectivity index (χ2n) is 7.34. The maximum atomic E-state index is 11.7. The van der Waals surface area contributed by atoms with Crippen LogP contribution < -0.4 is 4.74 Å². The van der Waals surface area contributed by atoms with Crippen LogP contribution in [0.25, 0.3) is 32.7 Å². The molecule has 0 aliphatic heterocycles. The Morgan fingerprint density at radius 1 is 0.903 bits per heavy atom. The molecule has 0 aromatic heterocycles. The summed E-state index contributed by atoms with van der Waals surface area (Å²) in [5.41, 5.74) is 2.71. The van der Waals surface area contributed by atoms with E-state index in [1.54, 1.807) is 6.07 Å². The summed E-state index contributed by atoms with van der Waals surface area (Å²) in [5, 5.41) is 14.9. The standard InChI is InChI=1S/C28H24O3/c1-3-9-19(4-2)18-31-25-15-14-20-10-5-7-12-23(20)26(25)27-24-13-8-6-11-21(24)16-22(17-29)28(27)30/h3-17,30H,18H2,1-2H3/b9-3-,19-4+. The van der Waals surface area contributed by atoms with Gasteiger partial charge in [-0.15, -0.1) is 0 Å². The number of aldehydes is 1. The number of rotatable bonds is 6. The number of ether oxygens (including phenoxy) is 1. The predicted octanol–water partition coefficient (Wildman–Crippen LogP) is 7.08. The third-order valence-corrected chi connectivity index (χ3v) is 5.47. The Labute approximate surface area is 181 Å². The molecule has 154 valence electrons. The van der Waals surface area contributed by atoms with Gasteiger partial charge >= 0.3 is 0 Å². The molecule has 31 heavy (non-hydrogen) atoms. The second kappa shape index (κ2) is 8.88. The largest absolute Gasteiger partial charge is 0.507 e. The van der Waals surface area contributed by atoms with Gasteiger partial charge in [0.2, 0.25) is 0 Å². The molecule has 4 aromatic rings. The van der Waals surface area contributed by atoms with E-state index in [0.717, 1.165) is 32.7 Å². The van der Waals surface area contributed by atoms with Gasteiger partial charge in [-0.05, 0) is 53.1 Å². The fourth-order valence-corrected chi connectivity index (χ4v) is 3.93. The summed E-state index contributed by atoms with van der Waals surface area (Å²) in [5.74, 6) is 0.626. The summed E-state index contributed by atoms with van der Waals surface area (Å²) in [7, 11) is 0. The van der Waals surface area contributed by atoms with Gasteiger partial charge in [-0.3, -0.25) is 4.79 Å². The van der Waals surface area contributed by atoms with Crippen LogP contribution >= 0.6 is 0 Å². The van der Waals surface area contributed by atoms with Crippen molar-refractivity contribution in [2.45, 2.75) is 13.8 Å². The van der Waals surface area contributed by atoms with Crippen molar-refractivity contribution >= 4 is 27.8 Å². The minimum atomic E-state index is -0.0328. The molecular formula is C28H24O3. The smallest absolute Gasteiger partial charge is 0.153 e. The van der Waals surface area contributed by atoms with Crippen LogP contribution in [-0.2, 0) is 0 Å². The number of phenolic OH excluding ortho intramolecular Hbond substituents is 1. The molecule has 0 atom stereocenters. The third-order valence-electron chi connectivity index (χ3n) is 5.47. The minimum absolute atomic E-state index is 0.0328. The van der Waals surface area contributed by atoms with Crippen molar-refractivity contribution in [2.75, 3.05) is 6.61 Å². The van der Waals surface area contributed by atoms with Crippen LogP contribution in [0.3, 0.4) is 0 Å². The molecule has 0 aliphatic rings. The van der Waals surface area contributed by atoms with Gasteiger partial charge in [0.1, 0.15) is 18.1 Å². The molecule has 0 amide bonds. The summed E-state index contributed by atoms with van der Waals surface area (Å²) in [6.07, 6.45) is 6.70. The average molecular weight is 408 g/mol. The van der Waals surface area contributed by atoms with Crippen LogP contribution in [0.1, 0.15) is 24.2 Å². The highest BCUT2D eigenvalue weighted by Gasteiger charge is 2.20. The van der Waals surface area contributed by atoms with E-state index in [4.69, 9.17) is 4.74 Å². The van der Waals surface area contributed by atoms with E-state index in [2.05, 4.69) is 0 Å². The molecule has 0 heterocycles. The molecule has 4 aromatic carbocycles. The highest BCUT2D eigenvalue weighted by atomic mass is 16.5. The molecule has 0 saturated carbocycles. The first-order valence-corrected chi connectivity index (χ1v) is 10.3. The average Bonchev–Trinajstić information content (AvgIpc) is 2.81. The summed E-state index contributed by atoms with van der Waals surface area (Å²) < 4.78 is 6.26. The highest BCUT2D eigenvalue weighted by Crippen LogP contribution is 2.46. The van der Waals surface area contributed by atoms with E-state index >= 15 is 0 Å². The Bertz CT molecular complexity index is 1330. The van der Waals surface area contributed by atoms with Gasteiger partial charge in [0.15, 0.2) is 6.29 Å². The van der Waals surface area contributed by atoms with E-state index in [1.165, 1.54) is 0 Å². The molecule has 1 N–H and O–H groups in total. The molecule has 3 heteroatoms. The number of aromatic hydroxyl groups is 1. The van der Waals surface area contributed by atoms with Gasteiger partial charge in [-0.25, -0.2) is 0 Å². The van der Waals surface area contributed by atoms with Gasteiger partial charge in [0.05, 0.1) is 5.56 Å². The number of benzene rings is 4. The Morgan fingerprint density at radius 3 is 2.26 bits per heavy atom. The fourth-order valence-electron chi connectivity index (χ4n) is 3.93. The molecule has 0 saturated heterocycles. The maximum Gasteiger partial charge on any atom is 0.153 e. The van der Waals surface area contributed by atoms with Gasteiger partial charge in [0, 0.05) is 11.1 Å². The molecule has 0 spiro atoms. The van der Waals surface area contributed by atoms with Gasteiger partial charge in [0.25, 0.3) is 0 Å². The molecule has 0 fully saturated rings. The summed E-state index contributed by atoms with van der Waals surface area (Å²) in [4.78, 5) is 11.7. The minimum Gasteiger partial charge on any atom is -0.507 e. The van der Waals surface area contributed by atoms with Gasteiger partial charge < -0.3 is 9.84 Å². The molecule has 0 aliphatic carbocycles. The highest BCUT2D eigenvalue weighted by molar-refractivity contribution is 6.11. The van der Waals surface area contributed by atoms with Crippen molar-refractivity contribution in [2.24, 2.45) is 0 Å². The predicted molar refractivity (Wildman–Crippen MR) is 128 cm³/mol. The zero-order chi connectivity index (χ0) is 21.8. The van der Waals surface area contributed by atoms with E-state index in [9.17, 15) is 9.90 Å². The summed E-state index contributed by atoms with van der Waals surface area (Å²) in [6, 6.07) is 21.4. The fraction of sp³-hybridized carbons (Fsp3) is 0.107. The van der Waals surface area contributed by atoms with Crippen LogP contribution in [0.4, 0.5) is 0 Å². The lowest BCUT2D eigenvalue weighted by atomic mass is 9.90. The SMILES string of the molecule is C/C=C\C(=C/C)COc1ccc2ccccc2c1-c1c(O)c(C=O)cc2ccccc12. The lowest BCUT2D eigenvalue weighted by Crippen LogP contribution is -2.02. The number of phenols is 1. The Hall–Kier alpha value is -3.85. The van der Waals surface area contributed by atoms with Crippen molar-refractivity contribution in [3.8, 4) is 22.6 Å². The van der Waals surface area contributed by atoms with Crippen molar-refractivity contribution in [1.82, 2.24) is 0 Å². The topological polar surface area (TPSA) is 46.5 Å². The Kier molecular flexibility index (Phi) is 5.85. The molecule has 4 rings (SSSR count). The Balaban J connectivity index is 2.03. The van der Waals surface area contributed by atoms with E-state index in [1.807, 2.05) is 92.7 Å². The number of carbonyl (C=O) groups excluding carboxylic acids is 1. The lowest BCUT2D eigenvalue weighted by molar-refractivity contribution is 0.112. The van der Waals surface area contributed by atoms with Crippen molar-refractivity contribution in [3.05, 3.63) is 96.1 Å². The number of hydrogen-bond acceptors (Lipinski definition) is 3. The monoisotopic (exact) mass is 408 g/mol. The van der Waals surface area contributed by atoms with Crippen LogP contribution in [0.5, 0.6) is 11.5 Å². The molecule has 0 bridgehead atoms. The van der Waals surface area contributed by atoms with Crippen LogP contribution in [0.2, 0.25) is 0 Å². The first-order valence-electron chi connectivity index (χ1n) is 10.3. The summed E-state index contributed by atoms with van der Waals surface area (Å²) >= 11 is 0. The van der Waals surface area contributed by atoms with E-state index in [0.29, 0.717) is 24.2 Å². The number of hydrogen-bond donors (Lipinski definition) is 1. The molecular weight excluding hydrogens is 384 g/mol. The van der Waals surface area contributed by atoms with E-state index < -0.39 is 0 Å². The number of carbonyl (C=O) groups is 1. The third kappa shape index (κ3) is 3.82. The van der Waals surface area contributed by atoms with Gasteiger partial charge in [-0.1, -0.05) is 72.8 Å². The lowest BCUT2D eigenvalue weighted by Gasteiger charge is -2.18.